The second kappa shape index (κ2) is 8.85. The lowest BCUT2D eigenvalue weighted by atomic mass is 10.1. The maximum Gasteiger partial charge on any atom is 0.321 e. The Balaban J connectivity index is 1.52. The molecule has 0 aliphatic carbocycles. The van der Waals surface area contributed by atoms with Crippen molar-refractivity contribution in [1.82, 2.24) is 4.72 Å². The zero-order valence-electron chi connectivity index (χ0n) is 15.7. The van der Waals surface area contributed by atoms with Crippen LogP contribution >= 0.6 is 0 Å². The van der Waals surface area contributed by atoms with Gasteiger partial charge in [-0.15, -0.1) is 0 Å². The van der Waals surface area contributed by atoms with Gasteiger partial charge in [-0.3, -0.25) is 9.59 Å². The molecule has 0 unspecified atom stereocenters. The Hall–Kier alpha value is -3.23. The predicted octanol–water partition coefficient (Wildman–Crippen LogP) is 2.61. The number of rotatable bonds is 7. The number of ether oxygens (including phenoxy) is 1. The van der Waals surface area contributed by atoms with Gasteiger partial charge in [0, 0.05) is 5.69 Å². The van der Waals surface area contributed by atoms with Crippen LogP contribution in [0.4, 0.5) is 5.69 Å². The van der Waals surface area contributed by atoms with Crippen LogP contribution in [0.25, 0.3) is 10.8 Å². The van der Waals surface area contributed by atoms with E-state index in [9.17, 15) is 18.0 Å². The number of esters is 1. The average molecular weight is 412 g/mol. The molecule has 0 fully saturated rings. The quantitative estimate of drug-likeness (QED) is 0.581. The number of amides is 1. The monoisotopic (exact) mass is 412 g/mol. The van der Waals surface area contributed by atoms with Gasteiger partial charge in [0.1, 0.15) is 6.54 Å². The number of hydrogen-bond acceptors (Lipinski definition) is 5. The number of benzene rings is 3. The van der Waals surface area contributed by atoms with Gasteiger partial charge in [-0.05, 0) is 41.5 Å². The summed E-state index contributed by atoms with van der Waals surface area (Å²) < 4.78 is 31.8. The van der Waals surface area contributed by atoms with Crippen LogP contribution in [0.2, 0.25) is 0 Å². The third kappa shape index (κ3) is 5.40. The maximum atomic E-state index is 12.4. The highest BCUT2D eigenvalue weighted by atomic mass is 32.2. The number of fused-ring (bicyclic) bond motifs is 1. The number of aryl methyl sites for hydroxylation is 1. The van der Waals surface area contributed by atoms with Gasteiger partial charge in [-0.25, -0.2) is 8.42 Å². The number of nitrogens with one attached hydrogen (secondary N) is 2. The van der Waals surface area contributed by atoms with E-state index in [1.165, 1.54) is 12.1 Å². The molecular weight excluding hydrogens is 392 g/mol. The zero-order chi connectivity index (χ0) is 20.9. The van der Waals surface area contributed by atoms with E-state index in [0.29, 0.717) is 5.69 Å². The summed E-state index contributed by atoms with van der Waals surface area (Å²) in [6, 6.07) is 19.2. The van der Waals surface area contributed by atoms with Crippen LogP contribution in [0, 0.1) is 6.92 Å². The van der Waals surface area contributed by atoms with Crippen LogP contribution in [0.5, 0.6) is 0 Å². The van der Waals surface area contributed by atoms with Crippen LogP contribution in [0.3, 0.4) is 0 Å². The number of carbonyl (C=O) groups is 2. The summed E-state index contributed by atoms with van der Waals surface area (Å²) in [6.45, 7) is 0.751. The highest BCUT2D eigenvalue weighted by Crippen LogP contribution is 2.18. The smallest absolute Gasteiger partial charge is 0.321 e. The van der Waals surface area contributed by atoms with Gasteiger partial charge in [-0.1, -0.05) is 48.5 Å². The highest BCUT2D eigenvalue weighted by Gasteiger charge is 2.17. The first kappa shape index (κ1) is 20.5. The molecule has 0 heterocycles. The number of sulfonamides is 1. The van der Waals surface area contributed by atoms with Gasteiger partial charge in [0.2, 0.25) is 10.0 Å². The molecule has 1 amide bonds. The molecule has 0 saturated heterocycles. The minimum Gasteiger partial charge on any atom is -0.455 e. The number of carbonyl (C=O) groups excluding carboxylic acids is 2. The predicted molar refractivity (Wildman–Crippen MR) is 110 cm³/mol. The third-order valence-corrected chi connectivity index (χ3v) is 5.62. The summed E-state index contributed by atoms with van der Waals surface area (Å²) in [5.41, 5.74) is 1.49. The summed E-state index contributed by atoms with van der Waals surface area (Å²) in [4.78, 5) is 23.8. The maximum absolute atomic E-state index is 12.4. The van der Waals surface area contributed by atoms with Gasteiger partial charge in [0.25, 0.3) is 5.91 Å². The Bertz CT molecular complexity index is 1160. The topological polar surface area (TPSA) is 102 Å². The molecule has 7 nitrogen and oxygen atoms in total. The van der Waals surface area contributed by atoms with Crippen molar-refractivity contribution in [3.05, 3.63) is 72.3 Å². The molecule has 8 heteroatoms. The molecule has 0 atom stereocenters. The Morgan fingerprint density at radius 2 is 1.62 bits per heavy atom. The Morgan fingerprint density at radius 1 is 0.931 bits per heavy atom. The molecule has 3 aromatic carbocycles. The lowest BCUT2D eigenvalue weighted by Crippen LogP contribution is -2.32. The van der Waals surface area contributed by atoms with Crippen LogP contribution in [-0.4, -0.2) is 33.4 Å². The van der Waals surface area contributed by atoms with Gasteiger partial charge >= 0.3 is 5.97 Å². The van der Waals surface area contributed by atoms with Crippen molar-refractivity contribution >= 4 is 38.4 Å². The van der Waals surface area contributed by atoms with Crippen LogP contribution < -0.4 is 10.0 Å². The van der Waals surface area contributed by atoms with Gasteiger partial charge < -0.3 is 10.1 Å². The van der Waals surface area contributed by atoms with Gasteiger partial charge in [0.05, 0.1) is 4.90 Å². The molecule has 0 radical (unpaired) electrons. The average Bonchev–Trinajstić information content (AvgIpc) is 2.72. The van der Waals surface area contributed by atoms with Crippen molar-refractivity contribution in [2.45, 2.75) is 11.8 Å². The lowest BCUT2D eigenvalue weighted by molar-refractivity contribution is -0.146. The van der Waals surface area contributed by atoms with Crippen molar-refractivity contribution in [3.63, 3.8) is 0 Å². The minimum atomic E-state index is -3.89. The molecule has 3 rings (SSSR count). The van der Waals surface area contributed by atoms with E-state index in [4.69, 9.17) is 4.74 Å². The van der Waals surface area contributed by atoms with Crippen molar-refractivity contribution in [2.24, 2.45) is 0 Å². The van der Waals surface area contributed by atoms with E-state index >= 15 is 0 Å². The van der Waals surface area contributed by atoms with Crippen molar-refractivity contribution in [3.8, 4) is 0 Å². The lowest BCUT2D eigenvalue weighted by Gasteiger charge is -2.10. The van der Waals surface area contributed by atoms with Crippen LogP contribution in [0.1, 0.15) is 5.56 Å². The molecule has 150 valence electrons. The molecule has 3 aromatic rings. The molecule has 0 saturated carbocycles. The van der Waals surface area contributed by atoms with Crippen molar-refractivity contribution < 1.29 is 22.7 Å². The van der Waals surface area contributed by atoms with E-state index in [2.05, 4.69) is 10.0 Å². The second-order valence-electron chi connectivity index (χ2n) is 6.36. The molecular formula is C21H20N2O5S. The fourth-order valence-electron chi connectivity index (χ4n) is 2.67. The van der Waals surface area contributed by atoms with Crippen molar-refractivity contribution in [2.75, 3.05) is 18.5 Å². The standard InChI is InChI=1S/C21H20N2O5S/c1-15-6-2-5-9-19(15)23-20(24)14-28-21(25)13-22-29(26,27)18-11-10-16-7-3-4-8-17(16)12-18/h2-12,22H,13-14H2,1H3,(H,23,24). The van der Waals surface area contributed by atoms with Gasteiger partial charge in [-0.2, -0.15) is 4.72 Å². The Morgan fingerprint density at radius 3 is 2.38 bits per heavy atom. The fraction of sp³-hybridized carbons (Fsp3) is 0.143. The van der Waals surface area contributed by atoms with Crippen molar-refractivity contribution in [1.29, 1.82) is 0 Å². The first-order valence-electron chi connectivity index (χ1n) is 8.85. The summed E-state index contributed by atoms with van der Waals surface area (Å²) >= 11 is 0. The molecule has 29 heavy (non-hydrogen) atoms. The summed E-state index contributed by atoms with van der Waals surface area (Å²) in [7, 11) is -3.89. The Labute approximate surface area is 168 Å². The molecule has 0 bridgehead atoms. The van der Waals surface area contributed by atoms with Crippen LogP contribution in [0.15, 0.2) is 71.6 Å². The van der Waals surface area contributed by atoms with E-state index in [0.717, 1.165) is 16.3 Å². The second-order valence-corrected chi connectivity index (χ2v) is 8.12. The number of para-hydroxylation sites is 1. The normalized spacial score (nSPS) is 11.2. The molecule has 0 aliphatic heterocycles. The van der Waals surface area contributed by atoms with E-state index in [1.54, 1.807) is 24.3 Å². The Kier molecular flexibility index (Phi) is 6.26. The number of hydrogen-bond donors (Lipinski definition) is 2. The highest BCUT2D eigenvalue weighted by molar-refractivity contribution is 7.89. The van der Waals surface area contributed by atoms with Crippen LogP contribution in [-0.2, 0) is 24.3 Å². The minimum absolute atomic E-state index is 0.0429. The molecule has 0 aliphatic rings. The van der Waals surface area contributed by atoms with E-state index in [-0.39, 0.29) is 4.90 Å². The SMILES string of the molecule is Cc1ccccc1NC(=O)COC(=O)CNS(=O)(=O)c1ccc2ccccc2c1. The van der Waals surface area contributed by atoms with E-state index in [1.807, 2.05) is 37.3 Å². The first-order valence-corrected chi connectivity index (χ1v) is 10.3. The largest absolute Gasteiger partial charge is 0.455 e. The molecule has 0 aromatic heterocycles. The summed E-state index contributed by atoms with van der Waals surface area (Å²) in [5.74, 6) is -1.36. The van der Waals surface area contributed by atoms with Gasteiger partial charge in [0.15, 0.2) is 6.61 Å². The first-order chi connectivity index (χ1) is 13.8. The molecule has 0 spiro atoms. The summed E-state index contributed by atoms with van der Waals surface area (Å²) in [5, 5.41) is 4.30. The van der Waals surface area contributed by atoms with E-state index < -0.39 is 35.1 Å². The third-order valence-electron chi connectivity index (χ3n) is 4.22. The number of anilines is 1. The fourth-order valence-corrected chi connectivity index (χ4v) is 3.67. The molecule has 2 N–H and O–H groups in total. The summed E-state index contributed by atoms with van der Waals surface area (Å²) in [6.07, 6.45) is 0. The zero-order valence-corrected chi connectivity index (χ0v) is 16.5.